The molecule has 0 bridgehead atoms. The molecule has 0 heterocycles. The molecule has 2 heteroatoms. The minimum Gasteiger partial charge on any atom is -0.389 e. The summed E-state index contributed by atoms with van der Waals surface area (Å²) < 4.78 is 0. The minimum atomic E-state index is -0.863. The molecule has 0 saturated carbocycles. The van der Waals surface area contributed by atoms with Crippen molar-refractivity contribution < 1.29 is 10.2 Å². The van der Waals surface area contributed by atoms with E-state index < -0.39 is 12.2 Å². The van der Waals surface area contributed by atoms with Gasteiger partial charge in [-0.25, -0.2) is 0 Å². The molecule has 0 rings (SSSR count). The molecule has 0 aliphatic heterocycles. The first-order valence-electron chi connectivity index (χ1n) is 2.65. The third-order valence-corrected chi connectivity index (χ3v) is 0.929. The van der Waals surface area contributed by atoms with Crippen molar-refractivity contribution in [3.8, 4) is 12.3 Å². The van der Waals surface area contributed by atoms with Gasteiger partial charge in [-0.2, -0.15) is 0 Å². The van der Waals surface area contributed by atoms with Crippen molar-refractivity contribution >= 4 is 0 Å². The maximum absolute atomic E-state index is 8.79. The lowest BCUT2D eigenvalue weighted by atomic mass is 10.2. The van der Waals surface area contributed by atoms with Gasteiger partial charge in [-0.15, -0.1) is 13.0 Å². The van der Waals surface area contributed by atoms with Crippen LogP contribution in [0.25, 0.3) is 0 Å². The summed E-state index contributed by atoms with van der Waals surface area (Å²) in [6.07, 6.45) is 4.77. The summed E-state index contributed by atoms with van der Waals surface area (Å²) in [4.78, 5) is 0. The van der Waals surface area contributed by atoms with E-state index in [0.717, 1.165) is 0 Å². The van der Waals surface area contributed by atoms with Crippen LogP contribution in [0.15, 0.2) is 12.7 Å². The van der Waals surface area contributed by atoms with Crippen molar-refractivity contribution in [2.45, 2.75) is 18.6 Å². The Balaban J connectivity index is 3.49. The zero-order valence-corrected chi connectivity index (χ0v) is 5.12. The van der Waals surface area contributed by atoms with E-state index in [-0.39, 0.29) is 6.42 Å². The maximum atomic E-state index is 8.79. The molecule has 0 spiro atoms. The van der Waals surface area contributed by atoms with Crippen molar-refractivity contribution in [1.82, 2.24) is 0 Å². The fourth-order valence-corrected chi connectivity index (χ4v) is 0.393. The number of aliphatic hydroxyl groups excluding tert-OH is 2. The highest BCUT2D eigenvalue weighted by Gasteiger charge is 2.03. The standard InChI is InChI=1S/C7H10O2/c1-3-6(8)5-7(9)4-2/h1,4,6-9H,2,5H2/t6-,7?/m0/s1. The smallest absolute Gasteiger partial charge is 0.117 e. The number of hydrogen-bond acceptors (Lipinski definition) is 2. The van der Waals surface area contributed by atoms with Gasteiger partial charge in [0, 0.05) is 6.42 Å². The Labute approximate surface area is 54.8 Å². The molecule has 50 valence electrons. The SMILES string of the molecule is C#C[C@H](O)CC(O)C=C. The fourth-order valence-electron chi connectivity index (χ4n) is 0.393. The Morgan fingerprint density at radius 2 is 2.22 bits per heavy atom. The lowest BCUT2D eigenvalue weighted by Crippen LogP contribution is -2.13. The first-order valence-corrected chi connectivity index (χ1v) is 2.65. The monoisotopic (exact) mass is 126 g/mol. The van der Waals surface area contributed by atoms with Crippen molar-refractivity contribution in [2.24, 2.45) is 0 Å². The van der Waals surface area contributed by atoms with Gasteiger partial charge in [0.2, 0.25) is 0 Å². The van der Waals surface area contributed by atoms with E-state index in [4.69, 9.17) is 16.6 Å². The maximum Gasteiger partial charge on any atom is 0.117 e. The van der Waals surface area contributed by atoms with Crippen LogP contribution in [0.1, 0.15) is 6.42 Å². The van der Waals surface area contributed by atoms with Gasteiger partial charge in [-0.1, -0.05) is 12.0 Å². The van der Waals surface area contributed by atoms with Crippen molar-refractivity contribution in [3.05, 3.63) is 12.7 Å². The molecule has 0 aromatic carbocycles. The lowest BCUT2D eigenvalue weighted by molar-refractivity contribution is 0.138. The molecule has 0 aromatic rings. The summed E-state index contributed by atoms with van der Waals surface area (Å²) in [6, 6.07) is 0. The topological polar surface area (TPSA) is 40.5 Å². The van der Waals surface area contributed by atoms with Crippen LogP contribution in [0.5, 0.6) is 0 Å². The molecule has 2 atom stereocenters. The van der Waals surface area contributed by atoms with Crippen molar-refractivity contribution in [2.75, 3.05) is 0 Å². The van der Waals surface area contributed by atoms with Gasteiger partial charge in [0.1, 0.15) is 6.10 Å². The van der Waals surface area contributed by atoms with Gasteiger partial charge in [-0.3, -0.25) is 0 Å². The largest absolute Gasteiger partial charge is 0.389 e. The highest BCUT2D eigenvalue weighted by atomic mass is 16.3. The van der Waals surface area contributed by atoms with E-state index in [1.807, 2.05) is 0 Å². The van der Waals surface area contributed by atoms with E-state index >= 15 is 0 Å². The zero-order valence-electron chi connectivity index (χ0n) is 5.12. The van der Waals surface area contributed by atoms with Gasteiger partial charge in [0.15, 0.2) is 0 Å². The van der Waals surface area contributed by atoms with E-state index in [1.165, 1.54) is 6.08 Å². The Bertz CT molecular complexity index is 123. The molecule has 2 nitrogen and oxygen atoms in total. The summed E-state index contributed by atoms with van der Waals surface area (Å²) in [5, 5.41) is 17.5. The Hall–Kier alpha value is -0.780. The summed E-state index contributed by atoms with van der Waals surface area (Å²) in [5.74, 6) is 2.08. The Morgan fingerprint density at radius 3 is 2.56 bits per heavy atom. The van der Waals surface area contributed by atoms with Gasteiger partial charge < -0.3 is 10.2 Å². The Morgan fingerprint density at radius 1 is 1.67 bits per heavy atom. The molecule has 0 radical (unpaired) electrons. The zero-order chi connectivity index (χ0) is 7.28. The van der Waals surface area contributed by atoms with Crippen LogP contribution in [0.2, 0.25) is 0 Å². The summed E-state index contributed by atoms with van der Waals surface area (Å²) in [6.45, 7) is 3.32. The van der Waals surface area contributed by atoms with Crippen molar-refractivity contribution in [3.63, 3.8) is 0 Å². The number of hydrogen-bond donors (Lipinski definition) is 2. The van der Waals surface area contributed by atoms with Gasteiger partial charge in [0.25, 0.3) is 0 Å². The average Bonchev–Trinajstić information content (AvgIpc) is 1.87. The van der Waals surface area contributed by atoms with Crippen LogP contribution in [0.3, 0.4) is 0 Å². The number of rotatable bonds is 3. The molecular weight excluding hydrogens is 116 g/mol. The predicted octanol–water partition coefficient (Wildman–Crippen LogP) is -0.0825. The van der Waals surface area contributed by atoms with Crippen LogP contribution in [-0.2, 0) is 0 Å². The van der Waals surface area contributed by atoms with Crippen LogP contribution in [0.4, 0.5) is 0 Å². The molecule has 0 aliphatic rings. The third kappa shape index (κ3) is 3.77. The quantitative estimate of drug-likeness (QED) is 0.410. The van der Waals surface area contributed by atoms with E-state index in [0.29, 0.717) is 0 Å². The van der Waals surface area contributed by atoms with Gasteiger partial charge in [-0.05, 0) is 0 Å². The third-order valence-electron chi connectivity index (χ3n) is 0.929. The average molecular weight is 126 g/mol. The van der Waals surface area contributed by atoms with E-state index in [1.54, 1.807) is 0 Å². The summed E-state index contributed by atoms with van der Waals surface area (Å²) in [5.41, 5.74) is 0. The Kier molecular flexibility index (Phi) is 3.78. The molecule has 9 heavy (non-hydrogen) atoms. The van der Waals surface area contributed by atoms with Gasteiger partial charge in [0.05, 0.1) is 6.10 Å². The predicted molar refractivity (Wildman–Crippen MR) is 35.7 cm³/mol. The highest BCUT2D eigenvalue weighted by Crippen LogP contribution is 1.96. The fraction of sp³-hybridized carbons (Fsp3) is 0.429. The van der Waals surface area contributed by atoms with E-state index in [2.05, 4.69) is 12.5 Å². The second kappa shape index (κ2) is 4.13. The molecule has 2 N–H and O–H groups in total. The molecular formula is C7H10O2. The summed E-state index contributed by atoms with van der Waals surface area (Å²) >= 11 is 0. The van der Waals surface area contributed by atoms with E-state index in [9.17, 15) is 0 Å². The second-order valence-electron chi connectivity index (χ2n) is 1.72. The molecule has 0 aliphatic carbocycles. The summed E-state index contributed by atoms with van der Waals surface area (Å²) in [7, 11) is 0. The first kappa shape index (κ1) is 8.22. The van der Waals surface area contributed by atoms with Crippen LogP contribution < -0.4 is 0 Å². The van der Waals surface area contributed by atoms with Crippen LogP contribution in [-0.4, -0.2) is 22.4 Å². The van der Waals surface area contributed by atoms with Crippen molar-refractivity contribution in [1.29, 1.82) is 0 Å². The molecule has 0 saturated heterocycles. The minimum absolute atomic E-state index is 0.167. The lowest BCUT2D eigenvalue weighted by Gasteiger charge is -2.04. The van der Waals surface area contributed by atoms with Crippen LogP contribution >= 0.6 is 0 Å². The molecule has 0 fully saturated rings. The van der Waals surface area contributed by atoms with Gasteiger partial charge >= 0.3 is 0 Å². The molecule has 1 unspecified atom stereocenters. The number of aliphatic hydroxyl groups is 2. The number of terminal acetylenes is 1. The highest BCUT2D eigenvalue weighted by molar-refractivity contribution is 4.96. The van der Waals surface area contributed by atoms with Crippen LogP contribution in [0, 0.1) is 12.3 Å². The second-order valence-corrected chi connectivity index (χ2v) is 1.72. The molecule has 0 aromatic heterocycles. The first-order chi connectivity index (χ1) is 4.20. The normalized spacial score (nSPS) is 15.7. The molecule has 0 amide bonds.